The average Bonchev–Trinajstić information content (AvgIpc) is 2.97. The van der Waals surface area contributed by atoms with Crippen LogP contribution >= 0.6 is 0 Å². The van der Waals surface area contributed by atoms with Crippen LogP contribution in [0, 0.1) is 37.2 Å². The number of aromatic nitrogens is 1. The van der Waals surface area contributed by atoms with Crippen LogP contribution in [0.4, 0.5) is 13.2 Å². The number of aliphatic hydroxyl groups is 1. The Morgan fingerprint density at radius 3 is 2.02 bits per heavy atom. The smallest absolute Gasteiger partial charge is 0.394 e. The van der Waals surface area contributed by atoms with Gasteiger partial charge in [-0.05, 0) is 71.0 Å². The van der Waals surface area contributed by atoms with Crippen molar-refractivity contribution in [3.05, 3.63) is 89.3 Å². The van der Waals surface area contributed by atoms with Crippen molar-refractivity contribution >= 4 is 27.3 Å². The molecule has 251 valence electrons. The third-order valence-electron chi connectivity index (χ3n) is 8.78. The zero-order valence-corrected chi connectivity index (χ0v) is 30.6. The van der Waals surface area contributed by atoms with Crippen LogP contribution in [0.1, 0.15) is 83.9 Å². The van der Waals surface area contributed by atoms with Crippen LogP contribution in [-0.4, -0.2) is 22.1 Å². The van der Waals surface area contributed by atoms with Crippen molar-refractivity contribution in [2.75, 3.05) is 0 Å². The van der Waals surface area contributed by atoms with Crippen LogP contribution in [-0.2, 0) is 31.3 Å². The number of hydrogen-bond acceptors (Lipinski definition) is 3. The van der Waals surface area contributed by atoms with Crippen molar-refractivity contribution in [2.24, 2.45) is 17.3 Å². The largest absolute Gasteiger partial charge is 0.512 e. The molecule has 0 aliphatic rings. The van der Waals surface area contributed by atoms with Gasteiger partial charge >= 0.3 is 6.18 Å². The fourth-order valence-corrected chi connectivity index (χ4v) is 5.84. The Balaban J connectivity index is 0.000000394. The van der Waals surface area contributed by atoms with Crippen molar-refractivity contribution in [3.63, 3.8) is 0 Å². The number of carbonyl (C=O) groups is 1. The molecule has 0 unspecified atom stereocenters. The maximum Gasteiger partial charge on any atom is 0.394 e. The summed E-state index contributed by atoms with van der Waals surface area (Å²) in [6.07, 6.45) is 2.34. The van der Waals surface area contributed by atoms with E-state index < -0.39 is 11.6 Å². The number of hydrogen-bond donors (Lipinski definition) is 1. The monoisotopic (exact) mass is 811 g/mol. The number of rotatable bonds is 10. The molecular formula is C39H47F3IrNO2-. The zero-order chi connectivity index (χ0) is 33.5. The summed E-state index contributed by atoms with van der Waals surface area (Å²) in [6, 6.07) is 18.9. The first-order chi connectivity index (χ1) is 21.2. The molecule has 1 N–H and O–H groups in total. The van der Waals surface area contributed by atoms with Crippen LogP contribution in [0.3, 0.4) is 0 Å². The van der Waals surface area contributed by atoms with Gasteiger partial charge in [-0.3, -0.25) is 4.79 Å². The van der Waals surface area contributed by atoms with Crippen LogP contribution in [0.25, 0.3) is 32.8 Å². The van der Waals surface area contributed by atoms with Crippen molar-refractivity contribution in [2.45, 2.75) is 93.7 Å². The Morgan fingerprint density at radius 2 is 1.46 bits per heavy atom. The molecule has 0 aliphatic carbocycles. The van der Waals surface area contributed by atoms with E-state index in [0.29, 0.717) is 5.56 Å². The number of alkyl halides is 3. The number of nitrogens with zero attached hydrogens (tertiary/aromatic N) is 1. The molecule has 46 heavy (non-hydrogen) atoms. The average molecular weight is 811 g/mol. The number of halogens is 3. The molecule has 0 amide bonds. The predicted octanol–water partition coefficient (Wildman–Crippen LogP) is 11.5. The van der Waals surface area contributed by atoms with Gasteiger partial charge < -0.3 is 10.1 Å². The van der Waals surface area contributed by atoms with E-state index in [1.165, 1.54) is 19.9 Å². The van der Waals surface area contributed by atoms with Crippen molar-refractivity contribution in [1.29, 1.82) is 0 Å². The van der Waals surface area contributed by atoms with E-state index in [0.717, 1.165) is 69.6 Å². The molecular weight excluding hydrogens is 764 g/mol. The van der Waals surface area contributed by atoms with Gasteiger partial charge in [-0.1, -0.05) is 85.7 Å². The van der Waals surface area contributed by atoms with Crippen LogP contribution in [0.2, 0.25) is 0 Å². The number of allylic oxidation sites excluding steroid dienone is 2. The number of carbonyl (C=O) groups excluding carboxylic acids is 1. The number of ketones is 1. The second-order valence-corrected chi connectivity index (χ2v) is 12.6. The Bertz CT molecular complexity index is 1630. The molecule has 0 saturated heterocycles. The summed E-state index contributed by atoms with van der Waals surface area (Å²) in [4.78, 5) is 16.3. The number of pyridine rings is 1. The molecule has 4 rings (SSSR count). The summed E-state index contributed by atoms with van der Waals surface area (Å²) in [6.45, 7) is 14.6. The van der Waals surface area contributed by atoms with Gasteiger partial charge in [0.2, 0.25) is 0 Å². The molecule has 1 heterocycles. The van der Waals surface area contributed by atoms with E-state index in [9.17, 15) is 23.1 Å². The van der Waals surface area contributed by atoms with Crippen LogP contribution < -0.4 is 0 Å². The van der Waals surface area contributed by atoms with E-state index in [2.05, 4.69) is 23.2 Å². The normalized spacial score (nSPS) is 12.3. The molecule has 0 aliphatic heterocycles. The minimum absolute atomic E-state index is 0. The SMILES string of the molecule is CCC(CC)C(=O)/C=C(\O)C(CC)CC.Cc1[c-]c(-c2nccc3c2ccc2c(CC(C)(C)C(F)(F)F)cccc23)cc(C)c1.[Ir]. The number of fused-ring (bicyclic) bond motifs is 3. The maximum absolute atomic E-state index is 13.5. The zero-order valence-electron chi connectivity index (χ0n) is 28.2. The number of benzene rings is 3. The maximum atomic E-state index is 13.5. The molecule has 0 spiro atoms. The number of aliphatic hydroxyl groups excluding tert-OH is 1. The summed E-state index contributed by atoms with van der Waals surface area (Å²) in [5.41, 5.74) is 2.84. The molecule has 1 radical (unpaired) electrons. The third kappa shape index (κ3) is 9.29. The van der Waals surface area contributed by atoms with Gasteiger partial charge in [0.05, 0.1) is 11.2 Å². The van der Waals surface area contributed by atoms with E-state index in [4.69, 9.17) is 0 Å². The summed E-state index contributed by atoms with van der Waals surface area (Å²) < 4.78 is 40.4. The van der Waals surface area contributed by atoms with Gasteiger partial charge in [0.25, 0.3) is 0 Å². The fourth-order valence-electron chi connectivity index (χ4n) is 5.84. The molecule has 7 heteroatoms. The molecule has 3 nitrogen and oxygen atoms in total. The predicted molar refractivity (Wildman–Crippen MR) is 180 cm³/mol. The molecule has 0 atom stereocenters. The molecule has 1 aromatic heterocycles. The van der Waals surface area contributed by atoms with Crippen molar-refractivity contribution in [3.8, 4) is 11.3 Å². The first kappa shape index (κ1) is 39.2. The molecule has 3 aromatic carbocycles. The van der Waals surface area contributed by atoms with Gasteiger partial charge in [0, 0.05) is 44.2 Å². The summed E-state index contributed by atoms with van der Waals surface area (Å²) in [5.74, 6) is 0.547. The van der Waals surface area contributed by atoms with Crippen molar-refractivity contribution < 1.29 is 43.2 Å². The second kappa shape index (κ2) is 16.7. The van der Waals surface area contributed by atoms with E-state index >= 15 is 0 Å². The number of aryl methyl sites for hydroxylation is 2. The van der Waals surface area contributed by atoms with Gasteiger partial charge in [-0.25, -0.2) is 0 Å². The summed E-state index contributed by atoms with van der Waals surface area (Å²) in [7, 11) is 0. The minimum atomic E-state index is -4.26. The first-order valence-electron chi connectivity index (χ1n) is 16.0. The topological polar surface area (TPSA) is 50.2 Å². The Morgan fingerprint density at radius 1 is 0.870 bits per heavy atom. The second-order valence-electron chi connectivity index (χ2n) is 12.6. The van der Waals surface area contributed by atoms with Crippen LogP contribution in [0.15, 0.2) is 66.6 Å². The van der Waals surface area contributed by atoms with E-state index in [1.54, 1.807) is 12.3 Å². The van der Waals surface area contributed by atoms with Gasteiger partial charge in [0.15, 0.2) is 5.78 Å². The van der Waals surface area contributed by atoms with Crippen molar-refractivity contribution in [1.82, 2.24) is 4.98 Å². The first-order valence-corrected chi connectivity index (χ1v) is 16.0. The fraction of sp³-hybridized carbons (Fsp3) is 0.436. The van der Waals surface area contributed by atoms with Crippen LogP contribution in [0.5, 0.6) is 0 Å². The summed E-state index contributed by atoms with van der Waals surface area (Å²) >= 11 is 0. The molecule has 4 aromatic rings. The quantitative estimate of drug-likeness (QED) is 0.0751. The van der Waals surface area contributed by atoms with Gasteiger partial charge in [-0.15, -0.1) is 34.9 Å². The van der Waals surface area contributed by atoms with Gasteiger partial charge in [-0.2, -0.15) is 13.2 Å². The Hall–Kier alpha value is -3.02. The summed E-state index contributed by atoms with van der Waals surface area (Å²) in [5, 5.41) is 13.5. The molecule has 0 fully saturated rings. The van der Waals surface area contributed by atoms with Gasteiger partial charge in [0.1, 0.15) is 0 Å². The van der Waals surface area contributed by atoms with E-state index in [1.807, 2.05) is 71.9 Å². The Kier molecular flexibility index (Phi) is 14.2. The Labute approximate surface area is 286 Å². The molecule has 0 saturated carbocycles. The molecule has 0 bridgehead atoms. The minimum Gasteiger partial charge on any atom is -0.512 e. The third-order valence-corrected chi connectivity index (χ3v) is 8.78. The van der Waals surface area contributed by atoms with E-state index in [-0.39, 0.29) is 49.9 Å². The standard InChI is InChI=1S/C26H23F3N.C13H24O2.Ir/c1-16-12-17(2)14-19(13-16)24-23-9-8-20-18(15-25(3,4)26(27,28)29)6-5-7-21(20)22(23)10-11-30-24;1-5-10(6-2)12(14)9-13(15)11(7-3)8-4;/h5-13H,15H2,1-4H3;9-11,14H,5-8H2,1-4H3;/q-1;;/b;12-9-;.